The van der Waals surface area contributed by atoms with Crippen molar-refractivity contribution in [1.29, 1.82) is 0 Å². The Hall–Kier alpha value is -3.28. The molecule has 6 nitrogen and oxygen atoms in total. The highest BCUT2D eigenvalue weighted by Crippen LogP contribution is 2.24. The number of benzene rings is 2. The lowest BCUT2D eigenvalue weighted by atomic mass is 10.1. The summed E-state index contributed by atoms with van der Waals surface area (Å²) in [5.41, 5.74) is 3.70. The minimum atomic E-state index is -0.350. The predicted molar refractivity (Wildman–Crippen MR) is 102 cm³/mol. The van der Waals surface area contributed by atoms with Crippen LogP contribution in [0.15, 0.2) is 47.0 Å². The smallest absolute Gasteiger partial charge is 0.278 e. The van der Waals surface area contributed by atoms with E-state index in [1.165, 1.54) is 0 Å². The number of anilines is 1. The number of aryl methyl sites for hydroxylation is 2. The van der Waals surface area contributed by atoms with Crippen LogP contribution in [-0.2, 0) is 6.61 Å². The van der Waals surface area contributed by atoms with Crippen LogP contribution in [0.2, 0.25) is 0 Å². The van der Waals surface area contributed by atoms with Gasteiger partial charge in [0, 0.05) is 5.69 Å². The van der Waals surface area contributed by atoms with Gasteiger partial charge >= 0.3 is 0 Å². The van der Waals surface area contributed by atoms with Gasteiger partial charge in [0.05, 0.1) is 12.7 Å². The molecule has 3 aromatic rings. The fourth-order valence-electron chi connectivity index (χ4n) is 2.63. The van der Waals surface area contributed by atoms with E-state index in [1.807, 2.05) is 32.0 Å². The Morgan fingerprint density at radius 1 is 1.11 bits per heavy atom. The molecule has 2 aromatic carbocycles. The molecule has 0 saturated carbocycles. The molecular formula is C21H22N2O4. The Morgan fingerprint density at radius 3 is 2.56 bits per heavy atom. The standard InChI is InChI=1S/C21H22N2O4/c1-13-6-5-7-19(14(13)2)26-12-18-15(3)27-23-20(18)21(24)22-16-8-10-17(25-4)11-9-16/h5-11H,12H2,1-4H3,(H,22,24). The van der Waals surface area contributed by atoms with Gasteiger partial charge in [0.2, 0.25) is 0 Å². The zero-order chi connectivity index (χ0) is 19.4. The Bertz CT molecular complexity index is 945. The van der Waals surface area contributed by atoms with Crippen LogP contribution >= 0.6 is 0 Å². The van der Waals surface area contributed by atoms with Crippen LogP contribution in [0.25, 0.3) is 0 Å². The highest BCUT2D eigenvalue weighted by molar-refractivity contribution is 6.03. The van der Waals surface area contributed by atoms with Crippen molar-refractivity contribution in [2.75, 3.05) is 12.4 Å². The molecular weight excluding hydrogens is 344 g/mol. The molecule has 27 heavy (non-hydrogen) atoms. The summed E-state index contributed by atoms with van der Waals surface area (Å²) in [6.45, 7) is 5.99. The van der Waals surface area contributed by atoms with Crippen molar-refractivity contribution >= 4 is 11.6 Å². The molecule has 1 heterocycles. The maximum Gasteiger partial charge on any atom is 0.278 e. The summed E-state index contributed by atoms with van der Waals surface area (Å²) < 4.78 is 16.3. The van der Waals surface area contributed by atoms with Crippen LogP contribution in [0.3, 0.4) is 0 Å². The van der Waals surface area contributed by atoms with Crippen molar-refractivity contribution in [2.45, 2.75) is 27.4 Å². The number of carbonyl (C=O) groups is 1. The average Bonchev–Trinajstić information content (AvgIpc) is 3.04. The molecule has 6 heteroatoms. The summed E-state index contributed by atoms with van der Waals surface area (Å²) in [5, 5.41) is 6.72. The fraction of sp³-hybridized carbons (Fsp3) is 0.238. The number of amides is 1. The molecule has 0 unspecified atom stereocenters. The van der Waals surface area contributed by atoms with Crippen molar-refractivity contribution in [3.63, 3.8) is 0 Å². The van der Waals surface area contributed by atoms with E-state index in [0.29, 0.717) is 22.8 Å². The van der Waals surface area contributed by atoms with Gasteiger partial charge in [-0.2, -0.15) is 0 Å². The first-order valence-electron chi connectivity index (χ1n) is 8.59. The van der Waals surface area contributed by atoms with Gasteiger partial charge < -0.3 is 19.3 Å². The number of nitrogens with zero attached hydrogens (tertiary/aromatic N) is 1. The highest BCUT2D eigenvalue weighted by Gasteiger charge is 2.21. The number of rotatable bonds is 6. The second-order valence-corrected chi connectivity index (χ2v) is 6.24. The topological polar surface area (TPSA) is 73.6 Å². The van der Waals surface area contributed by atoms with Crippen molar-refractivity contribution in [1.82, 2.24) is 5.16 Å². The average molecular weight is 366 g/mol. The molecule has 3 rings (SSSR count). The van der Waals surface area contributed by atoms with Crippen molar-refractivity contribution in [2.24, 2.45) is 0 Å². The monoisotopic (exact) mass is 366 g/mol. The predicted octanol–water partition coefficient (Wildman–Crippen LogP) is 4.44. The molecule has 1 amide bonds. The van der Waals surface area contributed by atoms with E-state index in [1.54, 1.807) is 38.3 Å². The molecule has 0 aliphatic carbocycles. The molecule has 0 aliphatic heterocycles. The molecule has 0 spiro atoms. The van der Waals surface area contributed by atoms with Crippen LogP contribution in [-0.4, -0.2) is 18.2 Å². The maximum absolute atomic E-state index is 12.6. The third-order valence-corrected chi connectivity index (χ3v) is 4.47. The number of hydrogen-bond acceptors (Lipinski definition) is 5. The van der Waals surface area contributed by atoms with Gasteiger partial charge in [0.15, 0.2) is 5.69 Å². The van der Waals surface area contributed by atoms with Crippen molar-refractivity contribution in [3.05, 3.63) is 70.6 Å². The Labute approximate surface area is 158 Å². The zero-order valence-corrected chi connectivity index (χ0v) is 15.8. The number of carbonyl (C=O) groups excluding carboxylic acids is 1. The summed E-state index contributed by atoms with van der Waals surface area (Å²) >= 11 is 0. The second kappa shape index (κ2) is 7.95. The summed E-state index contributed by atoms with van der Waals surface area (Å²) in [5.74, 6) is 1.70. The summed E-state index contributed by atoms with van der Waals surface area (Å²) in [6.07, 6.45) is 0. The summed E-state index contributed by atoms with van der Waals surface area (Å²) in [6, 6.07) is 12.9. The van der Waals surface area contributed by atoms with Gasteiger partial charge in [-0.05, 0) is 62.2 Å². The minimum absolute atomic E-state index is 0.199. The van der Waals surface area contributed by atoms with E-state index in [-0.39, 0.29) is 18.2 Å². The number of aromatic nitrogens is 1. The van der Waals surface area contributed by atoms with Gasteiger partial charge in [-0.25, -0.2) is 0 Å². The van der Waals surface area contributed by atoms with E-state index in [2.05, 4.69) is 10.5 Å². The van der Waals surface area contributed by atoms with Crippen LogP contribution < -0.4 is 14.8 Å². The van der Waals surface area contributed by atoms with Crippen LogP contribution in [0, 0.1) is 20.8 Å². The fourth-order valence-corrected chi connectivity index (χ4v) is 2.63. The van der Waals surface area contributed by atoms with E-state index in [0.717, 1.165) is 16.9 Å². The third kappa shape index (κ3) is 4.11. The second-order valence-electron chi connectivity index (χ2n) is 6.24. The first kappa shape index (κ1) is 18.5. The SMILES string of the molecule is COc1ccc(NC(=O)c2noc(C)c2COc2cccc(C)c2C)cc1. The van der Waals surface area contributed by atoms with Crippen molar-refractivity contribution in [3.8, 4) is 11.5 Å². The van der Waals surface area contributed by atoms with Crippen molar-refractivity contribution < 1.29 is 18.8 Å². The van der Waals surface area contributed by atoms with Crippen LogP contribution in [0.4, 0.5) is 5.69 Å². The first-order chi connectivity index (χ1) is 13.0. The molecule has 1 aromatic heterocycles. The third-order valence-electron chi connectivity index (χ3n) is 4.47. The summed E-state index contributed by atoms with van der Waals surface area (Å²) in [7, 11) is 1.59. The van der Waals surface area contributed by atoms with E-state index >= 15 is 0 Å². The van der Waals surface area contributed by atoms with Gasteiger partial charge in [0.25, 0.3) is 5.91 Å². The summed E-state index contributed by atoms with van der Waals surface area (Å²) in [4.78, 5) is 12.6. The highest BCUT2D eigenvalue weighted by atomic mass is 16.5. The number of hydrogen-bond donors (Lipinski definition) is 1. The maximum atomic E-state index is 12.6. The molecule has 0 atom stereocenters. The van der Waals surface area contributed by atoms with E-state index < -0.39 is 0 Å². The molecule has 0 fully saturated rings. The van der Waals surface area contributed by atoms with Gasteiger partial charge in [-0.1, -0.05) is 17.3 Å². The number of ether oxygens (including phenoxy) is 2. The van der Waals surface area contributed by atoms with Gasteiger partial charge in [-0.3, -0.25) is 4.79 Å². The van der Waals surface area contributed by atoms with E-state index in [4.69, 9.17) is 14.0 Å². The molecule has 0 aliphatic rings. The largest absolute Gasteiger partial charge is 0.497 e. The molecule has 140 valence electrons. The zero-order valence-electron chi connectivity index (χ0n) is 15.8. The molecule has 1 N–H and O–H groups in total. The molecule has 0 saturated heterocycles. The Morgan fingerprint density at radius 2 is 1.85 bits per heavy atom. The van der Waals surface area contributed by atoms with Crippen LogP contribution in [0.5, 0.6) is 11.5 Å². The lowest BCUT2D eigenvalue weighted by molar-refractivity contribution is 0.101. The number of nitrogens with one attached hydrogen (secondary N) is 1. The van der Waals surface area contributed by atoms with Crippen LogP contribution in [0.1, 0.15) is 32.9 Å². The first-order valence-corrected chi connectivity index (χ1v) is 8.59. The Balaban J connectivity index is 1.75. The quantitative estimate of drug-likeness (QED) is 0.698. The lowest BCUT2D eigenvalue weighted by Gasteiger charge is -2.11. The van der Waals surface area contributed by atoms with E-state index in [9.17, 15) is 4.79 Å². The van der Waals surface area contributed by atoms with Gasteiger partial charge in [-0.15, -0.1) is 0 Å². The minimum Gasteiger partial charge on any atom is -0.497 e. The molecule has 0 bridgehead atoms. The molecule has 0 radical (unpaired) electrons. The van der Waals surface area contributed by atoms with Gasteiger partial charge in [0.1, 0.15) is 23.9 Å². The Kier molecular flexibility index (Phi) is 5.45. The lowest BCUT2D eigenvalue weighted by Crippen LogP contribution is -2.15. The number of methoxy groups -OCH3 is 1. The normalized spacial score (nSPS) is 10.5.